The standard InChI is InChI=1S/C18H21N3O3/c22-11-18(9-1-2-10-18)20-16(23)13-5-7-14(8-6-13)17-19-15(21-24-17)12-3-4-12/h5-8,12,22H,1-4,9-11H2,(H,20,23). The molecule has 6 heteroatoms. The summed E-state index contributed by atoms with van der Waals surface area (Å²) in [5.74, 6) is 1.57. The van der Waals surface area contributed by atoms with Crippen LogP contribution in [-0.2, 0) is 0 Å². The monoisotopic (exact) mass is 327 g/mol. The highest BCUT2D eigenvalue weighted by atomic mass is 16.5. The van der Waals surface area contributed by atoms with Crippen molar-refractivity contribution < 1.29 is 14.4 Å². The number of hydrogen-bond acceptors (Lipinski definition) is 5. The molecule has 1 aromatic heterocycles. The summed E-state index contributed by atoms with van der Waals surface area (Å²) in [5.41, 5.74) is 0.922. The quantitative estimate of drug-likeness (QED) is 0.881. The second-order valence-electron chi connectivity index (χ2n) is 6.91. The maximum Gasteiger partial charge on any atom is 0.257 e. The van der Waals surface area contributed by atoms with Crippen LogP contribution in [0.4, 0.5) is 0 Å². The molecule has 0 bridgehead atoms. The van der Waals surface area contributed by atoms with Gasteiger partial charge in [0.1, 0.15) is 0 Å². The molecule has 2 N–H and O–H groups in total. The zero-order chi connectivity index (χ0) is 16.6. The molecule has 0 spiro atoms. The van der Waals surface area contributed by atoms with E-state index in [2.05, 4.69) is 15.5 Å². The Morgan fingerprint density at radius 3 is 2.58 bits per heavy atom. The molecule has 0 unspecified atom stereocenters. The maximum absolute atomic E-state index is 12.4. The highest BCUT2D eigenvalue weighted by Gasteiger charge is 2.34. The number of nitrogens with one attached hydrogen (secondary N) is 1. The lowest BCUT2D eigenvalue weighted by molar-refractivity contribution is 0.0838. The van der Waals surface area contributed by atoms with Gasteiger partial charge in [-0.3, -0.25) is 4.79 Å². The SMILES string of the molecule is O=C(NC1(CO)CCCC1)c1ccc(-c2nc(C3CC3)no2)cc1. The average molecular weight is 327 g/mol. The van der Waals surface area contributed by atoms with E-state index in [-0.39, 0.29) is 12.5 Å². The third-order valence-corrected chi connectivity index (χ3v) is 5.02. The average Bonchev–Trinajstić information content (AvgIpc) is 3.16. The molecular weight excluding hydrogens is 306 g/mol. The molecule has 1 aromatic carbocycles. The van der Waals surface area contributed by atoms with Gasteiger partial charge in [-0.15, -0.1) is 0 Å². The summed E-state index contributed by atoms with van der Waals surface area (Å²) in [6, 6.07) is 7.15. The Morgan fingerprint density at radius 1 is 1.25 bits per heavy atom. The first-order valence-electron chi connectivity index (χ1n) is 8.57. The number of aromatic nitrogens is 2. The fourth-order valence-corrected chi connectivity index (χ4v) is 3.31. The van der Waals surface area contributed by atoms with Gasteiger partial charge in [0.15, 0.2) is 5.82 Å². The van der Waals surface area contributed by atoms with E-state index in [0.29, 0.717) is 17.4 Å². The molecule has 2 saturated carbocycles. The third-order valence-electron chi connectivity index (χ3n) is 5.02. The molecule has 2 aliphatic rings. The number of nitrogens with zero attached hydrogens (tertiary/aromatic N) is 2. The molecule has 0 saturated heterocycles. The van der Waals surface area contributed by atoms with Crippen molar-refractivity contribution in [2.75, 3.05) is 6.61 Å². The van der Waals surface area contributed by atoms with Gasteiger partial charge >= 0.3 is 0 Å². The first kappa shape index (κ1) is 15.3. The number of carbonyl (C=O) groups is 1. The number of aliphatic hydroxyl groups excluding tert-OH is 1. The van der Waals surface area contributed by atoms with Gasteiger partial charge in [-0.2, -0.15) is 4.98 Å². The van der Waals surface area contributed by atoms with Crippen molar-refractivity contribution in [3.8, 4) is 11.5 Å². The summed E-state index contributed by atoms with van der Waals surface area (Å²) in [7, 11) is 0. The molecule has 0 aliphatic heterocycles. The topological polar surface area (TPSA) is 88.2 Å². The summed E-state index contributed by atoms with van der Waals surface area (Å²) in [4.78, 5) is 16.9. The van der Waals surface area contributed by atoms with Crippen molar-refractivity contribution in [1.82, 2.24) is 15.5 Å². The van der Waals surface area contributed by atoms with Crippen LogP contribution >= 0.6 is 0 Å². The summed E-state index contributed by atoms with van der Waals surface area (Å²) in [5, 5.41) is 16.6. The minimum atomic E-state index is -0.457. The van der Waals surface area contributed by atoms with Crippen LogP contribution < -0.4 is 5.32 Å². The second kappa shape index (κ2) is 6.02. The molecule has 1 heterocycles. The Labute approximate surface area is 140 Å². The molecule has 2 fully saturated rings. The normalized spacial score (nSPS) is 19.4. The zero-order valence-corrected chi connectivity index (χ0v) is 13.5. The van der Waals surface area contributed by atoms with Gasteiger partial charge in [0, 0.05) is 17.0 Å². The minimum absolute atomic E-state index is 0.0112. The largest absolute Gasteiger partial charge is 0.394 e. The van der Waals surface area contributed by atoms with Gasteiger partial charge in [0.25, 0.3) is 11.8 Å². The molecule has 0 radical (unpaired) electrons. The second-order valence-corrected chi connectivity index (χ2v) is 6.91. The number of rotatable bonds is 5. The summed E-state index contributed by atoms with van der Waals surface area (Å²) < 4.78 is 5.30. The molecule has 6 nitrogen and oxygen atoms in total. The summed E-state index contributed by atoms with van der Waals surface area (Å²) in [6.45, 7) is -0.0112. The highest BCUT2D eigenvalue weighted by Crippen LogP contribution is 2.38. The highest BCUT2D eigenvalue weighted by molar-refractivity contribution is 5.95. The molecular formula is C18H21N3O3. The van der Waals surface area contributed by atoms with Crippen LogP contribution in [-0.4, -0.2) is 33.3 Å². The van der Waals surface area contributed by atoms with Gasteiger partial charge in [-0.1, -0.05) is 18.0 Å². The molecule has 2 aromatic rings. The van der Waals surface area contributed by atoms with E-state index >= 15 is 0 Å². The van der Waals surface area contributed by atoms with Crippen LogP contribution in [0.25, 0.3) is 11.5 Å². The maximum atomic E-state index is 12.4. The van der Waals surface area contributed by atoms with Gasteiger partial charge in [-0.25, -0.2) is 0 Å². The smallest absolute Gasteiger partial charge is 0.257 e. The number of hydrogen-bond donors (Lipinski definition) is 2. The molecule has 126 valence electrons. The van der Waals surface area contributed by atoms with Crippen LogP contribution in [0.1, 0.15) is 60.6 Å². The summed E-state index contributed by atoms with van der Waals surface area (Å²) in [6.07, 6.45) is 6.01. The van der Waals surface area contributed by atoms with Crippen molar-refractivity contribution in [1.29, 1.82) is 0 Å². The Kier molecular flexibility index (Phi) is 3.84. The number of benzene rings is 1. The lowest BCUT2D eigenvalue weighted by Crippen LogP contribution is -2.49. The van der Waals surface area contributed by atoms with E-state index in [0.717, 1.165) is 49.9 Å². The molecule has 24 heavy (non-hydrogen) atoms. The van der Waals surface area contributed by atoms with Crippen LogP contribution in [0.3, 0.4) is 0 Å². The van der Waals surface area contributed by atoms with Crippen LogP contribution in [0.5, 0.6) is 0 Å². The molecule has 4 rings (SSSR count). The van der Waals surface area contributed by atoms with Gasteiger partial charge in [-0.05, 0) is 49.9 Å². The van der Waals surface area contributed by atoms with Gasteiger partial charge in [0.2, 0.25) is 0 Å². The molecule has 0 atom stereocenters. The third kappa shape index (κ3) is 2.94. The van der Waals surface area contributed by atoms with Crippen molar-refractivity contribution >= 4 is 5.91 Å². The van der Waals surface area contributed by atoms with Crippen molar-refractivity contribution in [3.63, 3.8) is 0 Å². The molecule has 2 aliphatic carbocycles. The first-order valence-corrected chi connectivity index (χ1v) is 8.57. The number of amides is 1. The number of aliphatic hydroxyl groups is 1. The lowest BCUT2D eigenvalue weighted by atomic mass is 9.98. The van der Waals surface area contributed by atoms with Crippen LogP contribution in [0.15, 0.2) is 28.8 Å². The zero-order valence-electron chi connectivity index (χ0n) is 13.5. The van der Waals surface area contributed by atoms with Gasteiger partial charge < -0.3 is 14.9 Å². The van der Waals surface area contributed by atoms with E-state index in [1.54, 1.807) is 12.1 Å². The predicted octanol–water partition coefficient (Wildman–Crippen LogP) is 2.65. The molecule has 1 amide bonds. The summed E-state index contributed by atoms with van der Waals surface area (Å²) >= 11 is 0. The van der Waals surface area contributed by atoms with Gasteiger partial charge in [0.05, 0.1) is 12.1 Å². The Morgan fingerprint density at radius 2 is 1.96 bits per heavy atom. The number of carbonyl (C=O) groups excluding carboxylic acids is 1. The predicted molar refractivity (Wildman–Crippen MR) is 87.5 cm³/mol. The lowest BCUT2D eigenvalue weighted by Gasteiger charge is -2.28. The van der Waals surface area contributed by atoms with E-state index in [1.807, 2.05) is 12.1 Å². The van der Waals surface area contributed by atoms with Crippen LogP contribution in [0, 0.1) is 0 Å². The minimum Gasteiger partial charge on any atom is -0.394 e. The van der Waals surface area contributed by atoms with E-state index in [1.165, 1.54) is 0 Å². The van der Waals surface area contributed by atoms with Crippen molar-refractivity contribution in [2.45, 2.75) is 50.0 Å². The Balaban J connectivity index is 1.47. The van der Waals surface area contributed by atoms with Crippen molar-refractivity contribution in [2.24, 2.45) is 0 Å². The van der Waals surface area contributed by atoms with E-state index in [4.69, 9.17) is 4.52 Å². The van der Waals surface area contributed by atoms with Crippen LogP contribution in [0.2, 0.25) is 0 Å². The Hall–Kier alpha value is -2.21. The van der Waals surface area contributed by atoms with E-state index < -0.39 is 5.54 Å². The van der Waals surface area contributed by atoms with Crippen molar-refractivity contribution in [3.05, 3.63) is 35.7 Å². The fraction of sp³-hybridized carbons (Fsp3) is 0.500. The van der Waals surface area contributed by atoms with E-state index in [9.17, 15) is 9.90 Å². The fourth-order valence-electron chi connectivity index (χ4n) is 3.31. The first-order chi connectivity index (χ1) is 11.7. The Bertz CT molecular complexity index is 728.